The van der Waals surface area contributed by atoms with E-state index in [1.54, 1.807) is 17.2 Å². The minimum atomic E-state index is 0.650. The largest absolute Gasteiger partial charge is 0.369 e. The van der Waals surface area contributed by atoms with Crippen LogP contribution in [0.4, 0.5) is 5.82 Å². The van der Waals surface area contributed by atoms with Crippen LogP contribution in [0.25, 0.3) is 16.7 Å². The van der Waals surface area contributed by atoms with Crippen LogP contribution < -0.4 is 5.32 Å². The summed E-state index contributed by atoms with van der Waals surface area (Å²) in [7, 11) is 0. The van der Waals surface area contributed by atoms with Crippen LogP contribution >= 0.6 is 11.6 Å². The van der Waals surface area contributed by atoms with Gasteiger partial charge in [-0.2, -0.15) is 5.10 Å². The second-order valence-corrected chi connectivity index (χ2v) is 6.47. The highest BCUT2D eigenvalue weighted by Crippen LogP contribution is 2.24. The molecular weight excluding hydrogens is 310 g/mol. The summed E-state index contributed by atoms with van der Waals surface area (Å²) >= 11 is 6.23. The van der Waals surface area contributed by atoms with Gasteiger partial charge < -0.3 is 5.32 Å². The first-order chi connectivity index (χ1) is 11.1. The van der Waals surface area contributed by atoms with E-state index in [1.165, 1.54) is 0 Å². The summed E-state index contributed by atoms with van der Waals surface area (Å²) in [5.41, 5.74) is 2.70. The van der Waals surface area contributed by atoms with E-state index in [2.05, 4.69) is 34.2 Å². The Hall–Kier alpha value is -2.14. The number of hydrogen-bond donors (Lipinski definition) is 1. The normalized spacial score (nSPS) is 11.3. The van der Waals surface area contributed by atoms with E-state index in [0.29, 0.717) is 5.92 Å². The molecule has 0 saturated heterocycles. The lowest BCUT2D eigenvalue weighted by Gasteiger charge is -2.08. The van der Waals surface area contributed by atoms with Crippen molar-refractivity contribution in [2.24, 2.45) is 5.92 Å². The molecule has 0 bridgehead atoms. The molecule has 2 aromatic heterocycles. The molecule has 23 heavy (non-hydrogen) atoms. The second kappa shape index (κ2) is 6.54. The van der Waals surface area contributed by atoms with E-state index < -0.39 is 0 Å². The molecule has 0 atom stereocenters. The summed E-state index contributed by atoms with van der Waals surface area (Å²) in [6.45, 7) is 7.27. The Morgan fingerprint density at radius 2 is 2.09 bits per heavy atom. The molecule has 0 aliphatic carbocycles. The highest BCUT2D eigenvalue weighted by atomic mass is 35.5. The van der Waals surface area contributed by atoms with E-state index in [0.717, 1.165) is 46.1 Å². The summed E-state index contributed by atoms with van der Waals surface area (Å²) in [5.74, 6) is 1.47. The molecule has 0 spiro atoms. The Balaban J connectivity index is 1.96. The number of hydrogen-bond acceptors (Lipinski definition) is 4. The first kappa shape index (κ1) is 15.7. The SMILES string of the molecule is Cc1ccc(-n2ncc3c(NCCC(C)C)ncnc32)cc1Cl. The second-order valence-electron chi connectivity index (χ2n) is 6.06. The molecule has 0 aliphatic heterocycles. The van der Waals surface area contributed by atoms with Gasteiger partial charge in [0.2, 0.25) is 0 Å². The Morgan fingerprint density at radius 1 is 1.26 bits per heavy atom. The lowest BCUT2D eigenvalue weighted by Crippen LogP contribution is -2.07. The van der Waals surface area contributed by atoms with Crippen LogP contribution in [-0.2, 0) is 0 Å². The van der Waals surface area contributed by atoms with Gasteiger partial charge in [-0.3, -0.25) is 0 Å². The van der Waals surface area contributed by atoms with Crippen molar-refractivity contribution in [1.82, 2.24) is 19.7 Å². The Morgan fingerprint density at radius 3 is 2.83 bits per heavy atom. The molecule has 1 aromatic carbocycles. The van der Waals surface area contributed by atoms with Crippen LogP contribution in [0.15, 0.2) is 30.7 Å². The molecule has 0 amide bonds. The van der Waals surface area contributed by atoms with E-state index in [-0.39, 0.29) is 0 Å². The van der Waals surface area contributed by atoms with Crippen LogP contribution in [-0.4, -0.2) is 26.3 Å². The van der Waals surface area contributed by atoms with Crippen LogP contribution in [0.3, 0.4) is 0 Å². The van der Waals surface area contributed by atoms with Crippen LogP contribution in [0.1, 0.15) is 25.8 Å². The van der Waals surface area contributed by atoms with Gasteiger partial charge in [0.25, 0.3) is 0 Å². The predicted octanol–water partition coefficient (Wildman–Crippen LogP) is 4.24. The first-order valence-corrected chi connectivity index (χ1v) is 8.13. The predicted molar refractivity (Wildman–Crippen MR) is 94.4 cm³/mol. The number of aryl methyl sites for hydroxylation is 1. The molecule has 1 N–H and O–H groups in total. The zero-order chi connectivity index (χ0) is 16.4. The third-order valence-electron chi connectivity index (χ3n) is 3.78. The Labute approximate surface area is 140 Å². The monoisotopic (exact) mass is 329 g/mol. The number of nitrogens with zero attached hydrogens (tertiary/aromatic N) is 4. The van der Waals surface area contributed by atoms with Gasteiger partial charge in [0, 0.05) is 11.6 Å². The fraction of sp³-hybridized carbons (Fsp3) is 0.353. The van der Waals surface area contributed by atoms with E-state index >= 15 is 0 Å². The molecule has 6 heteroatoms. The quantitative estimate of drug-likeness (QED) is 0.760. The van der Waals surface area contributed by atoms with Gasteiger partial charge in [0.05, 0.1) is 17.3 Å². The summed E-state index contributed by atoms with van der Waals surface area (Å²) < 4.78 is 1.79. The van der Waals surface area contributed by atoms with Crippen molar-refractivity contribution >= 4 is 28.5 Å². The van der Waals surface area contributed by atoms with Crippen molar-refractivity contribution in [1.29, 1.82) is 0 Å². The summed E-state index contributed by atoms with van der Waals surface area (Å²) in [4.78, 5) is 8.72. The first-order valence-electron chi connectivity index (χ1n) is 7.75. The molecule has 3 rings (SSSR count). The summed E-state index contributed by atoms with van der Waals surface area (Å²) in [5, 5.41) is 9.46. The smallest absolute Gasteiger partial charge is 0.168 e. The average Bonchev–Trinajstić information content (AvgIpc) is 2.94. The van der Waals surface area contributed by atoms with Gasteiger partial charge in [0.1, 0.15) is 12.1 Å². The van der Waals surface area contributed by atoms with Crippen molar-refractivity contribution in [3.05, 3.63) is 41.3 Å². The number of rotatable bonds is 5. The van der Waals surface area contributed by atoms with E-state index in [4.69, 9.17) is 11.6 Å². The highest BCUT2D eigenvalue weighted by molar-refractivity contribution is 6.31. The van der Waals surface area contributed by atoms with E-state index in [1.807, 2.05) is 25.1 Å². The number of aromatic nitrogens is 4. The van der Waals surface area contributed by atoms with Crippen LogP contribution in [0, 0.1) is 12.8 Å². The fourth-order valence-electron chi connectivity index (χ4n) is 2.37. The van der Waals surface area contributed by atoms with Gasteiger partial charge in [0.15, 0.2) is 5.65 Å². The third kappa shape index (κ3) is 3.29. The highest BCUT2D eigenvalue weighted by Gasteiger charge is 2.11. The maximum absolute atomic E-state index is 6.23. The summed E-state index contributed by atoms with van der Waals surface area (Å²) in [6, 6.07) is 5.87. The Bertz CT molecular complexity index is 825. The minimum absolute atomic E-state index is 0.650. The maximum atomic E-state index is 6.23. The molecule has 0 aliphatic rings. The number of nitrogens with one attached hydrogen (secondary N) is 1. The molecule has 0 saturated carbocycles. The number of fused-ring (bicyclic) bond motifs is 1. The van der Waals surface area contributed by atoms with Crippen molar-refractivity contribution in [2.45, 2.75) is 27.2 Å². The molecule has 5 nitrogen and oxygen atoms in total. The zero-order valence-corrected chi connectivity index (χ0v) is 14.3. The molecule has 3 aromatic rings. The summed E-state index contributed by atoms with van der Waals surface area (Å²) in [6.07, 6.45) is 4.45. The van der Waals surface area contributed by atoms with Crippen molar-refractivity contribution in [3.63, 3.8) is 0 Å². The van der Waals surface area contributed by atoms with Crippen molar-refractivity contribution in [3.8, 4) is 5.69 Å². The Kier molecular flexibility index (Phi) is 4.48. The van der Waals surface area contributed by atoms with Gasteiger partial charge in [-0.15, -0.1) is 0 Å². The topological polar surface area (TPSA) is 55.6 Å². The van der Waals surface area contributed by atoms with Gasteiger partial charge in [-0.05, 0) is 37.0 Å². The molecule has 2 heterocycles. The molecule has 0 radical (unpaired) electrons. The third-order valence-corrected chi connectivity index (χ3v) is 4.19. The van der Waals surface area contributed by atoms with Gasteiger partial charge in [-0.25, -0.2) is 14.6 Å². The lowest BCUT2D eigenvalue weighted by atomic mass is 10.1. The maximum Gasteiger partial charge on any atom is 0.168 e. The van der Waals surface area contributed by atoms with Crippen LogP contribution in [0.2, 0.25) is 5.02 Å². The zero-order valence-electron chi connectivity index (χ0n) is 13.5. The number of halogens is 1. The standard InChI is InChI=1S/C17H20ClN5/c1-11(2)6-7-19-16-14-9-22-23(17(14)21-10-20-16)13-5-4-12(3)15(18)8-13/h4-5,8-11H,6-7H2,1-3H3,(H,19,20,21). The fourth-order valence-corrected chi connectivity index (χ4v) is 2.54. The molecule has 0 unspecified atom stereocenters. The number of benzene rings is 1. The average molecular weight is 330 g/mol. The van der Waals surface area contributed by atoms with E-state index in [9.17, 15) is 0 Å². The van der Waals surface area contributed by atoms with Crippen LogP contribution in [0.5, 0.6) is 0 Å². The van der Waals surface area contributed by atoms with Gasteiger partial charge >= 0.3 is 0 Å². The van der Waals surface area contributed by atoms with Crippen molar-refractivity contribution in [2.75, 3.05) is 11.9 Å². The molecule has 120 valence electrons. The van der Waals surface area contributed by atoms with Crippen molar-refractivity contribution < 1.29 is 0 Å². The number of anilines is 1. The van der Waals surface area contributed by atoms with Gasteiger partial charge in [-0.1, -0.05) is 31.5 Å². The lowest BCUT2D eigenvalue weighted by molar-refractivity contribution is 0.607. The molecular formula is C17H20ClN5. The minimum Gasteiger partial charge on any atom is -0.369 e. The molecule has 0 fully saturated rings.